The molecule has 0 fully saturated rings. The lowest BCUT2D eigenvalue weighted by atomic mass is 10.1. The van der Waals surface area contributed by atoms with Gasteiger partial charge in [-0.05, 0) is 30.3 Å². The third kappa shape index (κ3) is 3.90. The van der Waals surface area contributed by atoms with Crippen LogP contribution in [-0.2, 0) is 0 Å². The number of aromatic nitrogens is 1. The van der Waals surface area contributed by atoms with Gasteiger partial charge in [0.15, 0.2) is 0 Å². The average molecular weight is 467 g/mol. The molecule has 3 heterocycles. The van der Waals surface area contributed by atoms with E-state index in [1.165, 1.54) is 23.5 Å². The molecule has 0 bridgehead atoms. The zero-order valence-electron chi connectivity index (χ0n) is 17.3. The van der Waals surface area contributed by atoms with Gasteiger partial charge in [0, 0.05) is 22.9 Å². The molecule has 5 aromatic rings. The number of furan rings is 1. The summed E-state index contributed by atoms with van der Waals surface area (Å²) in [7, 11) is 0. The van der Waals surface area contributed by atoms with Gasteiger partial charge in [-0.15, -0.1) is 11.3 Å². The number of benzene rings is 2. The first-order valence-corrected chi connectivity index (χ1v) is 10.9. The molecule has 0 saturated heterocycles. The highest BCUT2D eigenvalue weighted by atomic mass is 32.1. The molecule has 0 N–H and O–H groups in total. The summed E-state index contributed by atoms with van der Waals surface area (Å²) in [5.74, 6) is 0.649. The van der Waals surface area contributed by atoms with Crippen molar-refractivity contribution in [1.82, 2.24) is 4.98 Å². The number of thiazole rings is 1. The molecule has 0 aliphatic rings. The highest BCUT2D eigenvalue weighted by Crippen LogP contribution is 2.32. The highest BCUT2D eigenvalue weighted by Gasteiger charge is 2.18. The maximum Gasteiger partial charge on any atom is 0.345 e. The first-order chi connectivity index (χ1) is 16.5. The molecule has 5 rings (SSSR count). The molecule has 0 spiro atoms. The van der Waals surface area contributed by atoms with Crippen molar-refractivity contribution in [3.63, 3.8) is 0 Å². The van der Waals surface area contributed by atoms with Gasteiger partial charge in [-0.25, -0.2) is 9.78 Å². The van der Waals surface area contributed by atoms with Gasteiger partial charge < -0.3 is 8.83 Å². The Labute approximate surface area is 195 Å². The van der Waals surface area contributed by atoms with Gasteiger partial charge in [0.25, 0.3) is 5.69 Å². The highest BCUT2D eigenvalue weighted by molar-refractivity contribution is 7.11. The number of rotatable bonds is 5. The third-order valence-electron chi connectivity index (χ3n) is 5.05. The summed E-state index contributed by atoms with van der Waals surface area (Å²) in [4.78, 5) is 27.7. The summed E-state index contributed by atoms with van der Waals surface area (Å²) in [6.07, 6.45) is 1.50. The number of nitro benzene ring substituents is 1. The molecule has 3 aromatic heterocycles. The second-order valence-corrected chi connectivity index (χ2v) is 8.03. The summed E-state index contributed by atoms with van der Waals surface area (Å²) < 4.78 is 11.1. The lowest BCUT2D eigenvalue weighted by Crippen LogP contribution is -2.02. The van der Waals surface area contributed by atoms with Crippen LogP contribution >= 0.6 is 11.3 Å². The maximum absolute atomic E-state index is 12.4. The number of allylic oxidation sites excluding steroid dienone is 1. The van der Waals surface area contributed by atoms with Crippen LogP contribution in [0, 0.1) is 21.4 Å². The first kappa shape index (κ1) is 21.1. The Hall–Kier alpha value is -4.81. The normalized spacial score (nSPS) is 11.4. The van der Waals surface area contributed by atoms with Crippen molar-refractivity contribution < 1.29 is 13.8 Å². The van der Waals surface area contributed by atoms with Crippen molar-refractivity contribution in [2.45, 2.75) is 0 Å². The van der Waals surface area contributed by atoms with Crippen LogP contribution in [0.25, 0.3) is 45.2 Å². The molecule has 9 heteroatoms. The van der Waals surface area contributed by atoms with E-state index < -0.39 is 10.5 Å². The molecule has 2 aromatic carbocycles. The quantitative estimate of drug-likeness (QED) is 0.131. The smallest absolute Gasteiger partial charge is 0.345 e. The molecular formula is C25H13N3O5S. The monoisotopic (exact) mass is 467 g/mol. The van der Waals surface area contributed by atoms with Gasteiger partial charge in [0.2, 0.25) is 0 Å². The van der Waals surface area contributed by atoms with Crippen LogP contribution in [0.4, 0.5) is 5.69 Å². The minimum absolute atomic E-state index is 0.0772. The van der Waals surface area contributed by atoms with Gasteiger partial charge in [-0.2, -0.15) is 5.26 Å². The predicted octanol–water partition coefficient (Wildman–Crippen LogP) is 6.15. The van der Waals surface area contributed by atoms with Crippen LogP contribution in [0.15, 0.2) is 85.7 Å². The summed E-state index contributed by atoms with van der Waals surface area (Å²) in [5, 5.41) is 23.8. The number of hydrogen-bond donors (Lipinski definition) is 0. The van der Waals surface area contributed by atoms with E-state index in [1.807, 2.05) is 12.1 Å². The molecule has 8 nitrogen and oxygen atoms in total. The van der Waals surface area contributed by atoms with Gasteiger partial charge in [-0.3, -0.25) is 10.1 Å². The van der Waals surface area contributed by atoms with Crippen LogP contribution < -0.4 is 5.63 Å². The predicted molar refractivity (Wildman–Crippen MR) is 128 cm³/mol. The number of fused-ring (bicyclic) bond motifs is 1. The topological polar surface area (TPSA) is 123 Å². The van der Waals surface area contributed by atoms with E-state index in [9.17, 15) is 20.2 Å². The van der Waals surface area contributed by atoms with Crippen LogP contribution in [0.2, 0.25) is 0 Å². The Balaban J connectivity index is 1.49. The lowest BCUT2D eigenvalue weighted by molar-refractivity contribution is -0.384. The fourth-order valence-corrected chi connectivity index (χ4v) is 4.25. The number of nitriles is 1. The Bertz CT molecular complexity index is 1690. The molecule has 0 aliphatic carbocycles. The number of para-hydroxylation sites is 2. The third-order valence-corrected chi connectivity index (χ3v) is 5.93. The van der Waals surface area contributed by atoms with Crippen LogP contribution in [-0.4, -0.2) is 9.91 Å². The Morgan fingerprint density at radius 3 is 2.68 bits per heavy atom. The van der Waals surface area contributed by atoms with Crippen molar-refractivity contribution in [1.29, 1.82) is 5.26 Å². The molecule has 0 unspecified atom stereocenters. The lowest BCUT2D eigenvalue weighted by Gasteiger charge is -1.99. The minimum atomic E-state index is -0.516. The number of hydrogen-bond acceptors (Lipinski definition) is 8. The molecule has 0 aliphatic heterocycles. The second-order valence-electron chi connectivity index (χ2n) is 7.17. The van der Waals surface area contributed by atoms with Crippen LogP contribution in [0.5, 0.6) is 0 Å². The molecular weight excluding hydrogens is 454 g/mol. The number of nitro groups is 1. The van der Waals surface area contributed by atoms with E-state index in [1.54, 1.807) is 53.9 Å². The average Bonchev–Trinajstić information content (AvgIpc) is 3.52. The minimum Gasteiger partial charge on any atom is -0.456 e. The maximum atomic E-state index is 12.4. The van der Waals surface area contributed by atoms with Gasteiger partial charge in [0.1, 0.15) is 28.2 Å². The fraction of sp³-hybridized carbons (Fsp3) is 0. The summed E-state index contributed by atoms with van der Waals surface area (Å²) in [6, 6.07) is 20.5. The Morgan fingerprint density at radius 1 is 1.06 bits per heavy atom. The van der Waals surface area contributed by atoms with Crippen molar-refractivity contribution in [3.8, 4) is 28.7 Å². The molecule has 0 radical (unpaired) electrons. The number of nitrogens with zero attached hydrogens (tertiary/aromatic N) is 3. The fourth-order valence-electron chi connectivity index (χ4n) is 3.46. The second kappa shape index (κ2) is 8.61. The van der Waals surface area contributed by atoms with Crippen molar-refractivity contribution in [2.24, 2.45) is 0 Å². The largest absolute Gasteiger partial charge is 0.456 e. The van der Waals surface area contributed by atoms with E-state index in [-0.39, 0.29) is 11.3 Å². The Morgan fingerprint density at radius 2 is 1.85 bits per heavy atom. The van der Waals surface area contributed by atoms with Crippen LogP contribution in [0.1, 0.15) is 10.8 Å². The van der Waals surface area contributed by atoms with Gasteiger partial charge >= 0.3 is 5.63 Å². The molecule has 0 amide bonds. The van der Waals surface area contributed by atoms with Crippen molar-refractivity contribution in [2.75, 3.05) is 0 Å². The van der Waals surface area contributed by atoms with Crippen molar-refractivity contribution >= 4 is 39.6 Å². The zero-order valence-corrected chi connectivity index (χ0v) is 18.1. The van der Waals surface area contributed by atoms with Gasteiger partial charge in [-0.1, -0.05) is 30.3 Å². The summed E-state index contributed by atoms with van der Waals surface area (Å²) >= 11 is 1.21. The molecule has 34 heavy (non-hydrogen) atoms. The first-order valence-electron chi connectivity index (χ1n) is 9.98. The van der Waals surface area contributed by atoms with Crippen LogP contribution in [0.3, 0.4) is 0 Å². The molecule has 0 atom stereocenters. The van der Waals surface area contributed by atoms with Crippen molar-refractivity contribution in [3.05, 3.63) is 103 Å². The van der Waals surface area contributed by atoms with E-state index in [0.717, 1.165) is 5.39 Å². The van der Waals surface area contributed by atoms with E-state index >= 15 is 0 Å². The molecule has 0 saturated carbocycles. The van der Waals surface area contributed by atoms with E-state index in [4.69, 9.17) is 8.83 Å². The molecule has 164 valence electrons. The van der Waals surface area contributed by atoms with E-state index in [0.29, 0.717) is 38.9 Å². The van der Waals surface area contributed by atoms with Gasteiger partial charge in [0.05, 0.1) is 27.3 Å². The van der Waals surface area contributed by atoms with E-state index in [2.05, 4.69) is 11.1 Å². The standard InChI is InChI=1S/C25H13N3O5S/c26-13-16(11-17-9-10-23(32-17)18-6-2-3-7-21(18)28(30)31)24-27-20(14-34-24)19-12-15-5-1-4-8-22(15)33-25(19)29/h1-12,14H. The summed E-state index contributed by atoms with van der Waals surface area (Å²) in [5.41, 5.74) is 1.16. The SMILES string of the molecule is N#CC(=Cc1ccc(-c2ccccc2[N+](=O)[O-])o1)c1nc(-c2cc3ccccc3oc2=O)cs1. The zero-order chi connectivity index (χ0) is 23.7. The Kier molecular flexibility index (Phi) is 5.33. The summed E-state index contributed by atoms with van der Waals surface area (Å²) in [6.45, 7) is 0.